The Hall–Kier alpha value is -1.47. The zero-order chi connectivity index (χ0) is 16.2. The Balaban J connectivity index is 0.00000182. The lowest BCUT2D eigenvalue weighted by Gasteiger charge is -2.26. The minimum absolute atomic E-state index is 0. The molecule has 7 heteroatoms. The lowest BCUT2D eigenvalue weighted by atomic mass is 10.1. The maximum Gasteiger partial charge on any atom is 0.227 e. The second kappa shape index (κ2) is 8.76. The van der Waals surface area contributed by atoms with Gasteiger partial charge in [0.05, 0.1) is 13.2 Å². The molecule has 25 heavy (non-hydrogen) atoms. The fourth-order valence-corrected chi connectivity index (χ4v) is 3.42. The molecule has 0 radical (unpaired) electrons. The summed E-state index contributed by atoms with van der Waals surface area (Å²) in [5.41, 5.74) is 2.31. The third-order valence-electron chi connectivity index (χ3n) is 4.79. The van der Waals surface area contributed by atoms with Crippen LogP contribution in [-0.2, 0) is 17.7 Å². The monoisotopic (exact) mass is 364 g/mol. The Morgan fingerprint density at radius 2 is 2.12 bits per heavy atom. The van der Waals surface area contributed by atoms with Gasteiger partial charge in [-0.3, -0.25) is 4.90 Å². The van der Waals surface area contributed by atoms with E-state index in [1.807, 2.05) is 0 Å². The topological polar surface area (TPSA) is 63.4 Å². The molecule has 0 aliphatic carbocycles. The van der Waals surface area contributed by atoms with Crippen molar-refractivity contribution in [3.05, 3.63) is 35.7 Å². The maximum atomic E-state index is 5.45. The first kappa shape index (κ1) is 18.3. The highest BCUT2D eigenvalue weighted by Gasteiger charge is 2.19. The lowest BCUT2D eigenvalue weighted by Crippen LogP contribution is -2.35. The van der Waals surface area contributed by atoms with Gasteiger partial charge in [-0.1, -0.05) is 23.4 Å². The van der Waals surface area contributed by atoms with Crippen LogP contribution >= 0.6 is 12.4 Å². The van der Waals surface area contributed by atoms with E-state index in [-0.39, 0.29) is 12.4 Å². The number of morpholine rings is 1. The predicted molar refractivity (Wildman–Crippen MR) is 97.8 cm³/mol. The van der Waals surface area contributed by atoms with Gasteiger partial charge < -0.3 is 14.6 Å². The Morgan fingerprint density at radius 3 is 2.92 bits per heavy atom. The molecule has 1 aromatic carbocycles. The van der Waals surface area contributed by atoms with Crippen molar-refractivity contribution < 1.29 is 9.26 Å². The van der Waals surface area contributed by atoms with Gasteiger partial charge in [-0.15, -0.1) is 12.4 Å². The van der Waals surface area contributed by atoms with Gasteiger partial charge in [0.2, 0.25) is 11.7 Å². The second-order valence-corrected chi connectivity index (χ2v) is 6.66. The minimum atomic E-state index is 0. The Bertz CT molecular complexity index is 667. The van der Waals surface area contributed by atoms with E-state index in [0.29, 0.717) is 11.7 Å². The molecule has 2 aromatic rings. The standard InChI is InChI=1S/C18H24N4O2.ClH/c1-2-15(13-22-6-8-23-9-7-22)10-16(3-1)18-20-17(24-21-18)11-14-4-5-19-12-14;/h1-3,10,14,19H,4-9,11-13H2;1H. The van der Waals surface area contributed by atoms with Gasteiger partial charge in [-0.05, 0) is 37.1 Å². The average molecular weight is 365 g/mol. The normalized spacial score (nSPS) is 21.2. The Morgan fingerprint density at radius 1 is 1.24 bits per heavy atom. The van der Waals surface area contributed by atoms with Crippen LogP contribution in [0, 0.1) is 5.92 Å². The van der Waals surface area contributed by atoms with E-state index >= 15 is 0 Å². The number of nitrogens with one attached hydrogen (secondary N) is 1. The largest absolute Gasteiger partial charge is 0.379 e. The fraction of sp³-hybridized carbons (Fsp3) is 0.556. The van der Waals surface area contributed by atoms with Crippen molar-refractivity contribution in [1.82, 2.24) is 20.4 Å². The molecule has 6 nitrogen and oxygen atoms in total. The van der Waals surface area contributed by atoms with Crippen LogP contribution in [-0.4, -0.2) is 54.4 Å². The zero-order valence-electron chi connectivity index (χ0n) is 14.3. The molecule has 0 spiro atoms. The third-order valence-corrected chi connectivity index (χ3v) is 4.79. The van der Waals surface area contributed by atoms with E-state index < -0.39 is 0 Å². The molecule has 0 saturated carbocycles. The summed E-state index contributed by atoms with van der Waals surface area (Å²) in [5, 5.41) is 7.55. The molecule has 2 aliphatic heterocycles. The molecule has 1 atom stereocenters. The van der Waals surface area contributed by atoms with Gasteiger partial charge in [0.25, 0.3) is 0 Å². The first-order valence-corrected chi connectivity index (χ1v) is 8.79. The fourth-order valence-electron chi connectivity index (χ4n) is 3.42. The van der Waals surface area contributed by atoms with E-state index in [0.717, 1.165) is 63.8 Å². The van der Waals surface area contributed by atoms with Crippen LogP contribution in [0.4, 0.5) is 0 Å². The molecule has 4 rings (SSSR count). The van der Waals surface area contributed by atoms with E-state index in [4.69, 9.17) is 9.26 Å². The van der Waals surface area contributed by atoms with Crippen molar-refractivity contribution in [2.45, 2.75) is 19.4 Å². The Kier molecular flexibility index (Phi) is 6.42. The molecule has 0 bridgehead atoms. The van der Waals surface area contributed by atoms with Crippen LogP contribution in [0.1, 0.15) is 17.9 Å². The SMILES string of the molecule is Cl.c1cc(CN2CCOCC2)cc(-c2noc(CC3CCNC3)n2)c1. The molecule has 2 saturated heterocycles. The van der Waals surface area contributed by atoms with Crippen molar-refractivity contribution >= 4 is 12.4 Å². The molecule has 1 aromatic heterocycles. The number of nitrogens with zero attached hydrogens (tertiary/aromatic N) is 3. The summed E-state index contributed by atoms with van der Waals surface area (Å²) in [7, 11) is 0. The summed E-state index contributed by atoms with van der Waals surface area (Å²) in [4.78, 5) is 7.01. The third kappa shape index (κ3) is 4.79. The van der Waals surface area contributed by atoms with E-state index in [2.05, 4.69) is 44.6 Å². The van der Waals surface area contributed by atoms with Crippen molar-refractivity contribution in [3.8, 4) is 11.4 Å². The molecule has 1 unspecified atom stereocenters. The van der Waals surface area contributed by atoms with Crippen LogP contribution in [0.3, 0.4) is 0 Å². The molecular formula is C18H25ClN4O2. The number of benzene rings is 1. The van der Waals surface area contributed by atoms with Gasteiger partial charge in [-0.25, -0.2) is 0 Å². The summed E-state index contributed by atoms with van der Waals surface area (Å²) >= 11 is 0. The first-order valence-electron chi connectivity index (χ1n) is 8.79. The molecule has 2 aliphatic rings. The molecular weight excluding hydrogens is 340 g/mol. The number of hydrogen-bond donors (Lipinski definition) is 1. The molecule has 1 N–H and O–H groups in total. The highest BCUT2D eigenvalue weighted by molar-refractivity contribution is 5.85. The Labute approximate surface area is 154 Å². The molecule has 136 valence electrons. The van der Waals surface area contributed by atoms with Crippen molar-refractivity contribution in [3.63, 3.8) is 0 Å². The maximum absolute atomic E-state index is 5.45. The van der Waals surface area contributed by atoms with Gasteiger partial charge in [0.15, 0.2) is 0 Å². The predicted octanol–water partition coefficient (Wildman–Crippen LogP) is 2.14. The van der Waals surface area contributed by atoms with Crippen molar-refractivity contribution in [2.75, 3.05) is 39.4 Å². The number of aromatic nitrogens is 2. The number of rotatable bonds is 5. The quantitative estimate of drug-likeness (QED) is 0.877. The molecule has 3 heterocycles. The summed E-state index contributed by atoms with van der Waals surface area (Å²) in [6.45, 7) is 6.71. The summed E-state index contributed by atoms with van der Waals surface area (Å²) in [6, 6.07) is 8.45. The van der Waals surface area contributed by atoms with Gasteiger partial charge in [-0.2, -0.15) is 4.98 Å². The summed E-state index contributed by atoms with van der Waals surface area (Å²) in [5.74, 6) is 2.06. The van der Waals surface area contributed by atoms with E-state index in [1.54, 1.807) is 0 Å². The summed E-state index contributed by atoms with van der Waals surface area (Å²) < 4.78 is 10.9. The van der Waals surface area contributed by atoms with Crippen LogP contribution in [0.25, 0.3) is 11.4 Å². The second-order valence-electron chi connectivity index (χ2n) is 6.66. The van der Waals surface area contributed by atoms with Crippen LogP contribution < -0.4 is 5.32 Å². The van der Waals surface area contributed by atoms with Crippen LogP contribution in [0.15, 0.2) is 28.8 Å². The van der Waals surface area contributed by atoms with Gasteiger partial charge in [0, 0.05) is 31.6 Å². The number of hydrogen-bond acceptors (Lipinski definition) is 6. The van der Waals surface area contributed by atoms with Crippen molar-refractivity contribution in [1.29, 1.82) is 0 Å². The lowest BCUT2D eigenvalue weighted by molar-refractivity contribution is 0.0342. The highest BCUT2D eigenvalue weighted by atomic mass is 35.5. The average Bonchev–Trinajstić information content (AvgIpc) is 3.29. The van der Waals surface area contributed by atoms with Gasteiger partial charge >= 0.3 is 0 Å². The first-order chi connectivity index (χ1) is 11.9. The van der Waals surface area contributed by atoms with Crippen molar-refractivity contribution in [2.24, 2.45) is 5.92 Å². The van der Waals surface area contributed by atoms with E-state index in [1.165, 1.54) is 12.0 Å². The van der Waals surface area contributed by atoms with E-state index in [9.17, 15) is 0 Å². The highest BCUT2D eigenvalue weighted by Crippen LogP contribution is 2.21. The molecule has 0 amide bonds. The van der Waals surface area contributed by atoms with Crippen LogP contribution in [0.2, 0.25) is 0 Å². The van der Waals surface area contributed by atoms with Gasteiger partial charge in [0.1, 0.15) is 0 Å². The number of ether oxygens (including phenoxy) is 1. The summed E-state index contributed by atoms with van der Waals surface area (Å²) in [6.07, 6.45) is 2.06. The number of halogens is 1. The zero-order valence-corrected chi connectivity index (χ0v) is 15.1. The molecule has 2 fully saturated rings. The minimum Gasteiger partial charge on any atom is -0.379 e. The smallest absolute Gasteiger partial charge is 0.227 e. The van der Waals surface area contributed by atoms with Crippen LogP contribution in [0.5, 0.6) is 0 Å².